The summed E-state index contributed by atoms with van der Waals surface area (Å²) >= 11 is 0. The van der Waals surface area contributed by atoms with Crippen LogP contribution < -0.4 is 0 Å². The first kappa shape index (κ1) is 13.8. The van der Waals surface area contributed by atoms with Gasteiger partial charge < -0.3 is 14.6 Å². The van der Waals surface area contributed by atoms with E-state index in [1.165, 1.54) is 0 Å². The number of nitrogens with zero attached hydrogens (tertiary/aromatic N) is 2. The third-order valence-electron chi connectivity index (χ3n) is 4.83. The summed E-state index contributed by atoms with van der Waals surface area (Å²) in [5.74, 6) is 2.16. The Morgan fingerprint density at radius 3 is 2.82 bits per heavy atom. The van der Waals surface area contributed by atoms with Crippen molar-refractivity contribution in [3.05, 3.63) is 30.1 Å². The standard InChI is InChI=1S/C17H21N3O2/c21-16(9-12-5-7-22-8-6-12)20-10-13(11-20)17-18-14-3-1-2-4-15(14)19-17/h1-4,12-13H,5-11H2,(H,18,19). The molecule has 3 heterocycles. The quantitative estimate of drug-likeness (QED) is 0.946. The van der Waals surface area contributed by atoms with Crippen molar-refractivity contribution in [2.24, 2.45) is 5.92 Å². The fraction of sp³-hybridized carbons (Fsp3) is 0.529. The smallest absolute Gasteiger partial charge is 0.222 e. The predicted molar refractivity (Wildman–Crippen MR) is 83.6 cm³/mol. The van der Waals surface area contributed by atoms with Crippen molar-refractivity contribution in [2.75, 3.05) is 26.3 Å². The molecule has 1 aromatic carbocycles. The molecular formula is C17H21N3O2. The lowest BCUT2D eigenvalue weighted by Gasteiger charge is -2.39. The average molecular weight is 299 g/mol. The summed E-state index contributed by atoms with van der Waals surface area (Å²) in [5, 5.41) is 0. The number of para-hydroxylation sites is 2. The molecule has 1 aromatic heterocycles. The number of aromatic nitrogens is 2. The third kappa shape index (κ3) is 2.61. The molecule has 0 atom stereocenters. The Balaban J connectivity index is 1.34. The van der Waals surface area contributed by atoms with Gasteiger partial charge >= 0.3 is 0 Å². The molecule has 2 fully saturated rings. The van der Waals surface area contributed by atoms with Crippen LogP contribution in [0.15, 0.2) is 24.3 Å². The highest BCUT2D eigenvalue weighted by atomic mass is 16.5. The molecule has 5 heteroatoms. The second kappa shape index (κ2) is 5.72. The molecule has 0 unspecified atom stereocenters. The van der Waals surface area contributed by atoms with Crippen molar-refractivity contribution < 1.29 is 9.53 Å². The lowest BCUT2D eigenvalue weighted by Crippen LogP contribution is -2.49. The normalized spacial score (nSPS) is 20.3. The van der Waals surface area contributed by atoms with Gasteiger partial charge in [0.05, 0.1) is 17.0 Å². The molecule has 116 valence electrons. The molecule has 0 bridgehead atoms. The van der Waals surface area contributed by atoms with E-state index < -0.39 is 0 Å². The number of benzene rings is 1. The number of hydrogen-bond acceptors (Lipinski definition) is 3. The zero-order valence-corrected chi connectivity index (χ0v) is 12.6. The van der Waals surface area contributed by atoms with Crippen molar-refractivity contribution in [3.8, 4) is 0 Å². The second-order valence-corrected chi connectivity index (χ2v) is 6.39. The van der Waals surface area contributed by atoms with Crippen molar-refractivity contribution in [2.45, 2.75) is 25.2 Å². The van der Waals surface area contributed by atoms with Gasteiger partial charge in [0.15, 0.2) is 0 Å². The van der Waals surface area contributed by atoms with Gasteiger partial charge in [-0.25, -0.2) is 4.98 Å². The largest absolute Gasteiger partial charge is 0.381 e. The Morgan fingerprint density at radius 1 is 1.27 bits per heavy atom. The average Bonchev–Trinajstić information content (AvgIpc) is 2.90. The maximum Gasteiger partial charge on any atom is 0.222 e. The summed E-state index contributed by atoms with van der Waals surface area (Å²) in [7, 11) is 0. The van der Waals surface area contributed by atoms with Crippen LogP contribution in [0.1, 0.15) is 31.0 Å². The summed E-state index contributed by atoms with van der Waals surface area (Å²) in [6.07, 6.45) is 2.72. The molecule has 4 rings (SSSR count). The number of ether oxygens (including phenoxy) is 1. The highest BCUT2D eigenvalue weighted by Crippen LogP contribution is 2.29. The van der Waals surface area contributed by atoms with Gasteiger partial charge in [-0.1, -0.05) is 12.1 Å². The minimum atomic E-state index is 0.291. The number of nitrogens with one attached hydrogen (secondary N) is 1. The number of aromatic amines is 1. The third-order valence-corrected chi connectivity index (χ3v) is 4.83. The van der Waals surface area contributed by atoms with Gasteiger partial charge in [-0.05, 0) is 30.9 Å². The maximum absolute atomic E-state index is 12.3. The monoisotopic (exact) mass is 299 g/mol. The van der Waals surface area contributed by atoms with Crippen LogP contribution in [0.3, 0.4) is 0 Å². The van der Waals surface area contributed by atoms with Gasteiger partial charge in [-0.15, -0.1) is 0 Å². The number of rotatable bonds is 3. The van der Waals surface area contributed by atoms with Gasteiger partial charge in [0.1, 0.15) is 5.82 Å². The zero-order chi connectivity index (χ0) is 14.9. The van der Waals surface area contributed by atoms with Crippen LogP contribution in [0.5, 0.6) is 0 Å². The molecule has 0 spiro atoms. The number of hydrogen-bond donors (Lipinski definition) is 1. The van der Waals surface area contributed by atoms with Gasteiger partial charge in [0.2, 0.25) is 5.91 Å². The first-order valence-electron chi connectivity index (χ1n) is 8.10. The Morgan fingerprint density at radius 2 is 2.05 bits per heavy atom. The topological polar surface area (TPSA) is 58.2 Å². The maximum atomic E-state index is 12.3. The van der Waals surface area contributed by atoms with Crippen molar-refractivity contribution >= 4 is 16.9 Å². The lowest BCUT2D eigenvalue weighted by molar-refractivity contribution is -0.137. The van der Waals surface area contributed by atoms with E-state index in [0.717, 1.165) is 56.0 Å². The lowest BCUT2D eigenvalue weighted by atomic mass is 9.93. The number of fused-ring (bicyclic) bond motifs is 1. The molecule has 1 N–H and O–H groups in total. The van der Waals surface area contributed by atoms with Crippen LogP contribution in [0.4, 0.5) is 0 Å². The summed E-state index contributed by atoms with van der Waals surface area (Å²) in [6.45, 7) is 3.20. The highest BCUT2D eigenvalue weighted by molar-refractivity contribution is 5.78. The zero-order valence-electron chi connectivity index (χ0n) is 12.6. The molecule has 0 aliphatic carbocycles. The molecular weight excluding hydrogens is 278 g/mol. The molecule has 1 amide bonds. The second-order valence-electron chi connectivity index (χ2n) is 6.39. The summed E-state index contributed by atoms with van der Waals surface area (Å²) in [4.78, 5) is 22.3. The fourth-order valence-corrected chi connectivity index (χ4v) is 3.35. The van der Waals surface area contributed by atoms with Gasteiger partial charge in [0.25, 0.3) is 0 Å². The molecule has 0 radical (unpaired) electrons. The minimum absolute atomic E-state index is 0.291. The minimum Gasteiger partial charge on any atom is -0.381 e. The Kier molecular flexibility index (Phi) is 3.58. The first-order chi connectivity index (χ1) is 10.8. The molecule has 2 aliphatic heterocycles. The van der Waals surface area contributed by atoms with E-state index >= 15 is 0 Å². The highest BCUT2D eigenvalue weighted by Gasteiger charge is 2.34. The van der Waals surface area contributed by atoms with Gasteiger partial charge in [-0.2, -0.15) is 0 Å². The summed E-state index contributed by atoms with van der Waals surface area (Å²) in [6, 6.07) is 8.06. The van der Waals surface area contributed by atoms with Crippen LogP contribution in [-0.4, -0.2) is 47.1 Å². The van der Waals surface area contributed by atoms with Crippen LogP contribution in [0.2, 0.25) is 0 Å². The molecule has 5 nitrogen and oxygen atoms in total. The SMILES string of the molecule is O=C(CC1CCOCC1)N1CC(c2nc3ccccc3[nH]2)C1. The Bertz CT molecular complexity index is 636. The van der Waals surface area contributed by atoms with Crippen LogP contribution in [-0.2, 0) is 9.53 Å². The van der Waals surface area contributed by atoms with Crippen LogP contribution in [0.25, 0.3) is 11.0 Å². The Hall–Kier alpha value is -1.88. The number of amides is 1. The summed E-state index contributed by atoms with van der Waals surface area (Å²) in [5.41, 5.74) is 2.08. The molecule has 2 aliphatic rings. The van der Waals surface area contributed by atoms with E-state index in [-0.39, 0.29) is 0 Å². The first-order valence-corrected chi connectivity index (χ1v) is 8.10. The summed E-state index contributed by atoms with van der Waals surface area (Å²) < 4.78 is 5.35. The van der Waals surface area contributed by atoms with Gasteiger partial charge in [0, 0.05) is 32.7 Å². The molecule has 2 saturated heterocycles. The van der Waals surface area contributed by atoms with E-state index in [2.05, 4.69) is 9.97 Å². The van der Waals surface area contributed by atoms with Crippen molar-refractivity contribution in [1.29, 1.82) is 0 Å². The molecule has 0 saturated carbocycles. The van der Waals surface area contributed by atoms with Crippen molar-refractivity contribution in [1.82, 2.24) is 14.9 Å². The van der Waals surface area contributed by atoms with Crippen molar-refractivity contribution in [3.63, 3.8) is 0 Å². The van der Waals surface area contributed by atoms with E-state index in [1.807, 2.05) is 29.2 Å². The fourth-order valence-electron chi connectivity index (χ4n) is 3.35. The number of H-pyrrole nitrogens is 1. The van der Waals surface area contributed by atoms with E-state index in [4.69, 9.17) is 4.74 Å². The molecule has 2 aromatic rings. The van der Waals surface area contributed by atoms with Gasteiger partial charge in [-0.3, -0.25) is 4.79 Å². The van der Waals surface area contributed by atoms with E-state index in [0.29, 0.717) is 24.2 Å². The van der Waals surface area contributed by atoms with Crippen LogP contribution in [0, 0.1) is 5.92 Å². The molecule has 22 heavy (non-hydrogen) atoms. The number of likely N-dealkylation sites (tertiary alicyclic amines) is 1. The van der Waals surface area contributed by atoms with Crippen LogP contribution >= 0.6 is 0 Å². The number of carbonyl (C=O) groups excluding carboxylic acids is 1. The number of imidazole rings is 1. The van der Waals surface area contributed by atoms with E-state index in [1.54, 1.807) is 0 Å². The Labute approximate surface area is 129 Å². The number of carbonyl (C=O) groups is 1. The van der Waals surface area contributed by atoms with E-state index in [9.17, 15) is 4.79 Å². The predicted octanol–water partition coefficient (Wildman–Crippen LogP) is 2.31.